The van der Waals surface area contributed by atoms with Gasteiger partial charge >= 0.3 is 0 Å². The van der Waals surface area contributed by atoms with Crippen molar-refractivity contribution in [3.63, 3.8) is 0 Å². The summed E-state index contributed by atoms with van der Waals surface area (Å²) in [5.41, 5.74) is 2.43. The van der Waals surface area contributed by atoms with Crippen LogP contribution in [0.5, 0.6) is 0 Å². The van der Waals surface area contributed by atoms with Gasteiger partial charge in [-0.2, -0.15) is 5.10 Å². The number of halogens is 1. The number of nitrogens with zero attached hydrogens (tertiary/aromatic N) is 3. The second-order valence-corrected chi connectivity index (χ2v) is 4.83. The molecule has 1 heterocycles. The summed E-state index contributed by atoms with van der Waals surface area (Å²) < 4.78 is 1.67. The van der Waals surface area contributed by atoms with Gasteiger partial charge in [-0.3, -0.25) is 14.8 Å². The van der Waals surface area contributed by atoms with Crippen LogP contribution in [0, 0.1) is 24.0 Å². The van der Waals surface area contributed by atoms with Gasteiger partial charge in [0.25, 0.3) is 0 Å². The van der Waals surface area contributed by atoms with Crippen molar-refractivity contribution >= 4 is 11.6 Å². The van der Waals surface area contributed by atoms with E-state index in [1.165, 1.54) is 0 Å². The number of benzene rings is 1. The molecule has 0 fully saturated rings. The van der Waals surface area contributed by atoms with E-state index in [0.717, 1.165) is 11.4 Å². The minimum atomic E-state index is -0.489. The van der Waals surface area contributed by atoms with E-state index in [4.69, 9.17) is 11.6 Å². The van der Waals surface area contributed by atoms with E-state index in [2.05, 4.69) is 5.10 Å². The number of aryl methyl sites for hydroxylation is 2. The molecule has 19 heavy (non-hydrogen) atoms. The molecule has 0 N–H and O–H groups in total. The summed E-state index contributed by atoms with van der Waals surface area (Å²) >= 11 is 6.15. The van der Waals surface area contributed by atoms with Crippen molar-refractivity contribution in [3.8, 4) is 0 Å². The molecule has 0 aliphatic rings. The van der Waals surface area contributed by atoms with Crippen LogP contribution < -0.4 is 0 Å². The quantitative estimate of drug-likeness (QED) is 0.638. The Morgan fingerprint density at radius 2 is 2.11 bits per heavy atom. The smallest absolute Gasteiger partial charge is 0.230 e. The summed E-state index contributed by atoms with van der Waals surface area (Å²) in [4.78, 5) is 10.6. The van der Waals surface area contributed by atoms with Crippen LogP contribution in [0.25, 0.3) is 0 Å². The molecule has 0 aliphatic heterocycles. The van der Waals surface area contributed by atoms with Gasteiger partial charge in [0.15, 0.2) is 0 Å². The molecular formula is C13H14ClN3O2. The summed E-state index contributed by atoms with van der Waals surface area (Å²) in [6, 6.07) is 8.56. The topological polar surface area (TPSA) is 61.0 Å². The zero-order valence-corrected chi connectivity index (χ0v) is 11.5. The van der Waals surface area contributed by atoms with Crippen LogP contribution in [-0.2, 0) is 0 Å². The van der Waals surface area contributed by atoms with E-state index >= 15 is 0 Å². The highest BCUT2D eigenvalue weighted by Gasteiger charge is 2.24. The second-order valence-electron chi connectivity index (χ2n) is 4.42. The number of hydrogen-bond acceptors (Lipinski definition) is 3. The van der Waals surface area contributed by atoms with E-state index in [-0.39, 0.29) is 11.5 Å². The van der Waals surface area contributed by atoms with Crippen LogP contribution in [0.3, 0.4) is 0 Å². The molecule has 5 nitrogen and oxygen atoms in total. The molecule has 0 bridgehead atoms. The Morgan fingerprint density at radius 1 is 1.42 bits per heavy atom. The summed E-state index contributed by atoms with van der Waals surface area (Å²) in [6.07, 6.45) is 0. The van der Waals surface area contributed by atoms with E-state index in [0.29, 0.717) is 10.6 Å². The maximum atomic E-state index is 10.9. The zero-order chi connectivity index (χ0) is 14.0. The van der Waals surface area contributed by atoms with Gasteiger partial charge in [-0.1, -0.05) is 29.8 Å². The molecule has 0 unspecified atom stereocenters. The molecule has 2 aromatic rings. The van der Waals surface area contributed by atoms with E-state index in [1.807, 2.05) is 26.0 Å². The first-order chi connectivity index (χ1) is 8.99. The van der Waals surface area contributed by atoms with Crippen LogP contribution in [-0.4, -0.2) is 21.2 Å². The fourth-order valence-corrected chi connectivity index (χ4v) is 2.42. The second kappa shape index (κ2) is 5.40. The van der Waals surface area contributed by atoms with E-state index in [1.54, 1.807) is 22.9 Å². The molecule has 0 amide bonds. The first-order valence-electron chi connectivity index (χ1n) is 5.88. The fourth-order valence-electron chi connectivity index (χ4n) is 2.16. The monoisotopic (exact) mass is 279 g/mol. The van der Waals surface area contributed by atoms with Gasteiger partial charge < -0.3 is 0 Å². The van der Waals surface area contributed by atoms with Gasteiger partial charge in [0.2, 0.25) is 6.54 Å². The molecule has 6 heteroatoms. The summed E-state index contributed by atoms with van der Waals surface area (Å²) in [5.74, 6) is 0. The molecule has 0 spiro atoms. The molecule has 1 aromatic carbocycles. The van der Waals surface area contributed by atoms with Crippen molar-refractivity contribution in [2.75, 3.05) is 6.54 Å². The molecular weight excluding hydrogens is 266 g/mol. The minimum absolute atomic E-state index is 0.244. The summed E-state index contributed by atoms with van der Waals surface area (Å²) in [7, 11) is 0. The first kappa shape index (κ1) is 13.5. The Kier molecular flexibility index (Phi) is 3.85. The lowest BCUT2D eigenvalue weighted by atomic mass is 10.1. The third kappa shape index (κ3) is 2.93. The maximum absolute atomic E-state index is 10.9. The number of aromatic nitrogens is 2. The lowest BCUT2D eigenvalue weighted by Crippen LogP contribution is -2.22. The first-order valence-corrected chi connectivity index (χ1v) is 6.26. The van der Waals surface area contributed by atoms with Crippen LogP contribution >= 0.6 is 11.6 Å². The van der Waals surface area contributed by atoms with Gasteiger partial charge in [0, 0.05) is 21.2 Å². The van der Waals surface area contributed by atoms with Crippen molar-refractivity contribution in [2.45, 2.75) is 19.9 Å². The van der Waals surface area contributed by atoms with Gasteiger partial charge in [-0.25, -0.2) is 0 Å². The van der Waals surface area contributed by atoms with Crippen molar-refractivity contribution in [2.24, 2.45) is 0 Å². The van der Waals surface area contributed by atoms with Gasteiger partial charge in [-0.15, -0.1) is 0 Å². The minimum Gasteiger partial charge on any atom is -0.264 e. The third-order valence-corrected chi connectivity index (χ3v) is 3.27. The SMILES string of the molecule is Cc1cc(C)n([C@@H](C[N+](=O)[O-])c2ccccc2Cl)n1. The average molecular weight is 280 g/mol. The maximum Gasteiger partial charge on any atom is 0.230 e. The van der Waals surface area contributed by atoms with Crippen LogP contribution in [0.15, 0.2) is 30.3 Å². The lowest BCUT2D eigenvalue weighted by Gasteiger charge is -2.17. The van der Waals surface area contributed by atoms with Crippen LogP contribution in [0.4, 0.5) is 0 Å². The highest BCUT2D eigenvalue weighted by atomic mass is 35.5. The lowest BCUT2D eigenvalue weighted by molar-refractivity contribution is -0.484. The molecule has 100 valence electrons. The molecule has 0 radical (unpaired) electrons. The Labute approximate surface area is 116 Å². The third-order valence-electron chi connectivity index (χ3n) is 2.93. The Hall–Kier alpha value is -1.88. The average Bonchev–Trinajstić information content (AvgIpc) is 2.66. The molecule has 2 rings (SSSR count). The fraction of sp³-hybridized carbons (Fsp3) is 0.308. The van der Waals surface area contributed by atoms with Crippen LogP contribution in [0.1, 0.15) is 23.0 Å². The van der Waals surface area contributed by atoms with Crippen molar-refractivity contribution in [3.05, 3.63) is 62.4 Å². The number of nitro groups is 1. The standard InChI is InChI=1S/C13H14ClN3O2/c1-9-7-10(2)17(15-9)13(8-16(18)19)11-5-3-4-6-12(11)14/h3-7,13H,8H2,1-2H3/t13-/m0/s1. The Morgan fingerprint density at radius 3 is 2.63 bits per heavy atom. The van der Waals surface area contributed by atoms with Crippen LogP contribution in [0.2, 0.25) is 5.02 Å². The van der Waals surface area contributed by atoms with E-state index in [9.17, 15) is 10.1 Å². The van der Waals surface area contributed by atoms with Crippen molar-refractivity contribution < 1.29 is 4.92 Å². The summed E-state index contributed by atoms with van der Waals surface area (Å²) in [6.45, 7) is 3.49. The Balaban J connectivity index is 2.50. The molecule has 1 atom stereocenters. The zero-order valence-electron chi connectivity index (χ0n) is 10.7. The predicted molar refractivity (Wildman–Crippen MR) is 73.2 cm³/mol. The molecule has 0 aliphatic carbocycles. The largest absolute Gasteiger partial charge is 0.264 e. The highest BCUT2D eigenvalue weighted by molar-refractivity contribution is 6.31. The van der Waals surface area contributed by atoms with E-state index < -0.39 is 6.04 Å². The van der Waals surface area contributed by atoms with Gasteiger partial charge in [0.05, 0.1) is 5.69 Å². The number of hydrogen-bond donors (Lipinski definition) is 0. The molecule has 0 saturated heterocycles. The van der Waals surface area contributed by atoms with Crippen molar-refractivity contribution in [1.29, 1.82) is 0 Å². The Bertz CT molecular complexity index is 610. The highest BCUT2D eigenvalue weighted by Crippen LogP contribution is 2.27. The van der Waals surface area contributed by atoms with Crippen molar-refractivity contribution in [1.82, 2.24) is 9.78 Å². The van der Waals surface area contributed by atoms with Gasteiger partial charge in [0.1, 0.15) is 6.04 Å². The predicted octanol–water partition coefficient (Wildman–Crippen LogP) is 3.02. The normalized spacial score (nSPS) is 12.4. The van der Waals surface area contributed by atoms with Gasteiger partial charge in [-0.05, 0) is 26.0 Å². The molecule has 1 aromatic heterocycles. The summed E-state index contributed by atoms with van der Waals surface area (Å²) in [5, 5.41) is 15.8. The molecule has 0 saturated carbocycles. The number of rotatable bonds is 4.